The Bertz CT molecular complexity index is 451. The van der Waals surface area contributed by atoms with Crippen LogP contribution in [0.1, 0.15) is 26.6 Å². The molecule has 0 aliphatic heterocycles. The maximum atomic E-state index is 11.3. The highest BCUT2D eigenvalue weighted by Gasteiger charge is 2.15. The molecule has 1 heterocycles. The number of amides is 1. The normalized spacial score (nSPS) is 11.1. The number of nitrogens with one attached hydrogen (secondary N) is 1. The van der Waals surface area contributed by atoms with Crippen LogP contribution in [0, 0.1) is 0 Å². The summed E-state index contributed by atoms with van der Waals surface area (Å²) in [5.41, 5.74) is -0.549. The molecule has 0 aliphatic rings. The molecule has 0 unspecified atom stereocenters. The van der Waals surface area contributed by atoms with Crippen LogP contribution in [0.25, 0.3) is 0 Å². The summed E-state index contributed by atoms with van der Waals surface area (Å²) >= 11 is 0. The lowest BCUT2D eigenvalue weighted by molar-refractivity contribution is -0.138. The predicted molar refractivity (Wildman–Crippen MR) is 63.4 cm³/mol. The number of carbonyl (C=O) groups excluding carboxylic acids is 1. The van der Waals surface area contributed by atoms with E-state index in [2.05, 4.69) is 20.7 Å². The van der Waals surface area contributed by atoms with Crippen molar-refractivity contribution in [1.82, 2.24) is 25.5 Å². The summed E-state index contributed by atoms with van der Waals surface area (Å²) in [5.74, 6) is -0.687. The van der Waals surface area contributed by atoms with E-state index < -0.39 is 17.7 Å². The molecule has 9 nitrogen and oxygen atoms in total. The van der Waals surface area contributed by atoms with Gasteiger partial charge in [0.15, 0.2) is 12.4 Å². The lowest BCUT2D eigenvalue weighted by Gasteiger charge is -2.19. The number of carboxylic acids is 1. The van der Waals surface area contributed by atoms with Crippen LogP contribution in [0.3, 0.4) is 0 Å². The van der Waals surface area contributed by atoms with Crippen LogP contribution in [0.5, 0.6) is 0 Å². The monoisotopic (exact) mass is 271 g/mol. The van der Waals surface area contributed by atoms with Crippen molar-refractivity contribution in [1.29, 1.82) is 0 Å². The molecule has 0 aromatic carbocycles. The first-order valence-corrected chi connectivity index (χ1v) is 5.71. The van der Waals surface area contributed by atoms with Gasteiger partial charge in [-0.1, -0.05) is 0 Å². The Labute approximate surface area is 109 Å². The number of carbonyl (C=O) groups is 2. The smallest absolute Gasteiger partial charge is 0.407 e. The molecular weight excluding hydrogens is 254 g/mol. The predicted octanol–water partition coefficient (Wildman–Crippen LogP) is -0.175. The van der Waals surface area contributed by atoms with Gasteiger partial charge in [-0.05, 0) is 26.0 Å². The fourth-order valence-corrected chi connectivity index (χ4v) is 1.15. The summed E-state index contributed by atoms with van der Waals surface area (Å²) in [7, 11) is 0. The van der Waals surface area contributed by atoms with Crippen LogP contribution in [-0.2, 0) is 22.5 Å². The molecule has 1 rings (SSSR count). The summed E-state index contributed by atoms with van der Waals surface area (Å²) in [4.78, 5) is 22.7. The van der Waals surface area contributed by atoms with E-state index in [4.69, 9.17) is 9.84 Å². The molecule has 0 saturated carbocycles. The Morgan fingerprint density at radius 1 is 1.42 bits per heavy atom. The van der Waals surface area contributed by atoms with E-state index in [-0.39, 0.29) is 13.1 Å². The number of alkyl carbamates (subject to hydrolysis) is 1. The highest BCUT2D eigenvalue weighted by atomic mass is 16.6. The molecule has 1 amide bonds. The lowest BCUT2D eigenvalue weighted by atomic mass is 10.2. The molecule has 9 heteroatoms. The Morgan fingerprint density at radius 3 is 2.68 bits per heavy atom. The fourth-order valence-electron chi connectivity index (χ4n) is 1.15. The molecular formula is C10H17N5O4. The zero-order valence-electron chi connectivity index (χ0n) is 11.1. The van der Waals surface area contributed by atoms with Crippen molar-refractivity contribution < 1.29 is 19.4 Å². The number of aromatic nitrogens is 4. The third kappa shape index (κ3) is 6.34. The first kappa shape index (κ1) is 14.9. The number of nitrogens with zero attached hydrogens (tertiary/aromatic N) is 4. The molecule has 0 atom stereocenters. The number of hydrogen-bond donors (Lipinski definition) is 2. The van der Waals surface area contributed by atoms with Crippen LogP contribution >= 0.6 is 0 Å². The van der Waals surface area contributed by atoms with E-state index in [1.54, 1.807) is 20.8 Å². The third-order valence-electron chi connectivity index (χ3n) is 1.79. The van der Waals surface area contributed by atoms with E-state index >= 15 is 0 Å². The Kier molecular flexibility index (Phi) is 4.79. The van der Waals surface area contributed by atoms with Gasteiger partial charge in [-0.25, -0.2) is 4.79 Å². The third-order valence-corrected chi connectivity index (χ3v) is 1.79. The topological polar surface area (TPSA) is 119 Å². The molecule has 1 aromatic rings. The Balaban J connectivity index is 2.31. The van der Waals surface area contributed by atoms with E-state index in [0.29, 0.717) is 12.2 Å². The second kappa shape index (κ2) is 6.12. The molecule has 0 bridgehead atoms. The Morgan fingerprint density at radius 2 is 2.11 bits per heavy atom. The minimum atomic E-state index is -1.05. The number of rotatable bonds is 5. The minimum absolute atomic E-state index is 0.285. The van der Waals surface area contributed by atoms with Gasteiger partial charge in [-0.3, -0.25) is 4.79 Å². The minimum Gasteiger partial charge on any atom is -0.480 e. The fraction of sp³-hybridized carbons (Fsp3) is 0.700. The molecule has 1 aromatic heterocycles. The summed E-state index contributed by atoms with van der Waals surface area (Å²) in [6.07, 6.45) is -0.177. The van der Waals surface area contributed by atoms with Crippen LogP contribution in [-0.4, -0.2) is 49.5 Å². The molecule has 106 valence electrons. The summed E-state index contributed by atoms with van der Waals surface area (Å²) in [6, 6.07) is 0. The van der Waals surface area contributed by atoms with E-state index in [1.807, 2.05) is 0 Å². The van der Waals surface area contributed by atoms with Crippen LogP contribution in [0.2, 0.25) is 0 Å². The van der Waals surface area contributed by atoms with Crippen LogP contribution in [0.15, 0.2) is 0 Å². The van der Waals surface area contributed by atoms with Gasteiger partial charge in [0, 0.05) is 13.0 Å². The van der Waals surface area contributed by atoms with Gasteiger partial charge in [0.05, 0.1) is 0 Å². The maximum Gasteiger partial charge on any atom is 0.407 e. The first-order chi connectivity index (χ1) is 8.76. The van der Waals surface area contributed by atoms with E-state index in [9.17, 15) is 9.59 Å². The number of ether oxygens (including phenoxy) is 1. The maximum absolute atomic E-state index is 11.3. The molecule has 19 heavy (non-hydrogen) atoms. The first-order valence-electron chi connectivity index (χ1n) is 5.71. The van der Waals surface area contributed by atoms with Gasteiger partial charge >= 0.3 is 12.1 Å². The van der Waals surface area contributed by atoms with Crippen LogP contribution < -0.4 is 5.32 Å². The largest absolute Gasteiger partial charge is 0.480 e. The molecule has 0 fully saturated rings. The van der Waals surface area contributed by atoms with Crippen molar-refractivity contribution in [2.75, 3.05) is 6.54 Å². The van der Waals surface area contributed by atoms with Crippen molar-refractivity contribution in [3.63, 3.8) is 0 Å². The number of carboxylic acid groups (broad SMARTS) is 1. The number of hydrogen-bond acceptors (Lipinski definition) is 6. The second-order valence-corrected chi connectivity index (χ2v) is 4.81. The highest BCUT2D eigenvalue weighted by molar-refractivity contribution is 5.67. The van der Waals surface area contributed by atoms with Gasteiger partial charge in [0.1, 0.15) is 5.60 Å². The molecule has 0 radical (unpaired) electrons. The van der Waals surface area contributed by atoms with Crippen molar-refractivity contribution in [3.05, 3.63) is 5.82 Å². The van der Waals surface area contributed by atoms with E-state index in [1.165, 1.54) is 0 Å². The van der Waals surface area contributed by atoms with Crippen molar-refractivity contribution in [2.45, 2.75) is 39.3 Å². The SMILES string of the molecule is CC(C)(C)OC(=O)NCCc1nnn(CC(=O)O)n1. The summed E-state index contributed by atoms with van der Waals surface area (Å²) in [5, 5.41) is 22.1. The molecule has 2 N–H and O–H groups in total. The molecule has 0 saturated heterocycles. The second-order valence-electron chi connectivity index (χ2n) is 4.81. The van der Waals surface area contributed by atoms with Crippen LogP contribution in [0.4, 0.5) is 4.79 Å². The standard InChI is InChI=1S/C10H17N5O4/c1-10(2,3)19-9(18)11-5-4-7-12-14-15(13-7)6-8(16)17/h4-6H2,1-3H3,(H,11,18)(H,16,17). The summed E-state index contributed by atoms with van der Waals surface area (Å²) in [6.45, 7) is 5.25. The summed E-state index contributed by atoms with van der Waals surface area (Å²) < 4.78 is 5.04. The van der Waals surface area contributed by atoms with Gasteiger partial charge in [-0.15, -0.1) is 10.2 Å². The van der Waals surface area contributed by atoms with Crippen molar-refractivity contribution >= 4 is 12.1 Å². The zero-order chi connectivity index (χ0) is 14.5. The average Bonchev–Trinajstić information content (AvgIpc) is 2.61. The van der Waals surface area contributed by atoms with Gasteiger partial charge < -0.3 is 15.2 Å². The van der Waals surface area contributed by atoms with Gasteiger partial charge in [0.2, 0.25) is 0 Å². The quantitative estimate of drug-likeness (QED) is 0.762. The number of tetrazole rings is 1. The molecule has 0 aliphatic carbocycles. The zero-order valence-corrected chi connectivity index (χ0v) is 11.1. The van der Waals surface area contributed by atoms with Gasteiger partial charge in [0.25, 0.3) is 0 Å². The molecule has 0 spiro atoms. The number of aliphatic carboxylic acids is 1. The average molecular weight is 271 g/mol. The van der Waals surface area contributed by atoms with Crippen molar-refractivity contribution in [2.24, 2.45) is 0 Å². The Hall–Kier alpha value is -2.19. The van der Waals surface area contributed by atoms with Crippen molar-refractivity contribution in [3.8, 4) is 0 Å². The van der Waals surface area contributed by atoms with Gasteiger partial charge in [-0.2, -0.15) is 4.80 Å². The van der Waals surface area contributed by atoms with E-state index in [0.717, 1.165) is 4.80 Å². The highest BCUT2D eigenvalue weighted by Crippen LogP contribution is 2.06. The lowest BCUT2D eigenvalue weighted by Crippen LogP contribution is -2.33.